The molecular formula is C23H34ClNO7. The van der Waals surface area contributed by atoms with Crippen molar-refractivity contribution < 1.29 is 34.7 Å². The van der Waals surface area contributed by atoms with Crippen molar-refractivity contribution in [2.24, 2.45) is 17.8 Å². The number of allylic oxidation sites excluding steroid dienone is 4. The molecule has 2 aliphatic carbocycles. The molecule has 6 unspecified atom stereocenters. The number of hydrogen-bond acceptors (Lipinski definition) is 7. The highest BCUT2D eigenvalue weighted by Crippen LogP contribution is 2.44. The molecule has 0 aromatic rings. The number of ether oxygens (including phenoxy) is 2. The fourth-order valence-corrected chi connectivity index (χ4v) is 5.74. The molecule has 0 spiro atoms. The molecule has 0 bridgehead atoms. The minimum Gasteiger partial charge on any atom is -0.481 e. The van der Waals surface area contributed by atoms with Crippen LogP contribution < -0.4 is 5.32 Å². The van der Waals surface area contributed by atoms with Crippen molar-refractivity contribution in [1.82, 2.24) is 5.32 Å². The summed E-state index contributed by atoms with van der Waals surface area (Å²) in [5.41, 5.74) is 0.0201. The Bertz CT molecular complexity index is 795. The molecule has 2 heterocycles. The fraction of sp³-hybridized carbons (Fsp3) is 0.783. The molecule has 0 aromatic heterocycles. The van der Waals surface area contributed by atoms with Crippen LogP contribution in [0.4, 0.5) is 0 Å². The molecule has 32 heavy (non-hydrogen) atoms. The molecular weight excluding hydrogens is 438 g/mol. The minimum absolute atomic E-state index is 0.0755. The van der Waals surface area contributed by atoms with Crippen molar-refractivity contribution >= 4 is 17.5 Å². The van der Waals surface area contributed by atoms with Gasteiger partial charge in [0.1, 0.15) is 30.2 Å². The van der Waals surface area contributed by atoms with Crippen LogP contribution in [0, 0.1) is 17.8 Å². The summed E-state index contributed by atoms with van der Waals surface area (Å²) in [5, 5.41) is 44.0. The standard InChI is InChI=1S/C23H34ClNO7/c1-23(2)22(30)25-15-8-11(3-6-16(15)32-23)7-13-9-12(4-5-14(13)24)21-20(29)19(28)18(27)17(10-26)31-21/h5,11-13,17-21,26-29H,3-4,6-10H2,1-2H3,(H,25,30)/t11?,12?,13?,17?,18-,19?,20-,21?/m1/s1. The second-order valence-electron chi connectivity index (χ2n) is 10.1. The summed E-state index contributed by atoms with van der Waals surface area (Å²) in [6.07, 6.45) is 0.942. The van der Waals surface area contributed by atoms with E-state index in [9.17, 15) is 25.2 Å². The molecule has 180 valence electrons. The number of rotatable bonds is 4. The van der Waals surface area contributed by atoms with E-state index in [1.54, 1.807) is 13.8 Å². The molecule has 2 aliphatic heterocycles. The monoisotopic (exact) mass is 471 g/mol. The molecule has 1 fully saturated rings. The third kappa shape index (κ3) is 4.58. The fourth-order valence-electron chi connectivity index (χ4n) is 5.47. The molecule has 8 atom stereocenters. The van der Waals surface area contributed by atoms with Crippen LogP contribution in [-0.2, 0) is 14.3 Å². The van der Waals surface area contributed by atoms with Crippen molar-refractivity contribution in [2.75, 3.05) is 6.61 Å². The first-order valence-corrected chi connectivity index (χ1v) is 11.9. The molecule has 0 aromatic carbocycles. The van der Waals surface area contributed by atoms with Crippen molar-refractivity contribution in [2.45, 2.75) is 88.5 Å². The number of carbonyl (C=O) groups excluding carboxylic acids is 1. The average molecular weight is 472 g/mol. The highest BCUT2D eigenvalue weighted by atomic mass is 35.5. The van der Waals surface area contributed by atoms with Gasteiger partial charge >= 0.3 is 0 Å². The van der Waals surface area contributed by atoms with Gasteiger partial charge in [-0.2, -0.15) is 0 Å². The Morgan fingerprint density at radius 3 is 2.69 bits per heavy atom. The molecule has 4 rings (SSSR count). The average Bonchev–Trinajstić information content (AvgIpc) is 2.75. The van der Waals surface area contributed by atoms with Crippen molar-refractivity contribution in [3.63, 3.8) is 0 Å². The Balaban J connectivity index is 1.41. The van der Waals surface area contributed by atoms with Crippen molar-refractivity contribution in [1.29, 1.82) is 0 Å². The maximum Gasteiger partial charge on any atom is 0.267 e. The number of hydrogen-bond donors (Lipinski definition) is 5. The first kappa shape index (κ1) is 24.0. The van der Waals surface area contributed by atoms with Gasteiger partial charge in [0.05, 0.1) is 18.4 Å². The SMILES string of the molecule is CC1(C)OC2=C(CC(CC3CC(C4OC(CO)[C@@H](O)C(O)[C@H]4O)CC=C3Cl)CC2)NC1=O. The van der Waals surface area contributed by atoms with Crippen LogP contribution in [0.5, 0.6) is 0 Å². The summed E-state index contributed by atoms with van der Waals surface area (Å²) in [7, 11) is 0. The number of nitrogens with one attached hydrogen (secondary N) is 1. The Morgan fingerprint density at radius 2 is 1.97 bits per heavy atom. The number of amides is 1. The van der Waals surface area contributed by atoms with Gasteiger partial charge in [0.2, 0.25) is 0 Å². The normalized spacial score (nSPS) is 42.0. The minimum atomic E-state index is -1.37. The Morgan fingerprint density at radius 1 is 1.22 bits per heavy atom. The molecule has 9 heteroatoms. The van der Waals surface area contributed by atoms with Crippen molar-refractivity contribution in [3.8, 4) is 0 Å². The maximum absolute atomic E-state index is 12.3. The highest BCUT2D eigenvalue weighted by Gasteiger charge is 2.47. The molecule has 0 radical (unpaired) electrons. The van der Waals surface area contributed by atoms with Crippen LogP contribution in [0.15, 0.2) is 22.6 Å². The Labute approximate surface area is 193 Å². The summed E-state index contributed by atoms with van der Waals surface area (Å²) < 4.78 is 11.7. The van der Waals surface area contributed by atoms with Gasteiger partial charge in [-0.05, 0) is 63.7 Å². The Hall–Kier alpha value is -1.16. The molecule has 1 amide bonds. The quantitative estimate of drug-likeness (QED) is 0.418. The zero-order chi connectivity index (χ0) is 23.2. The van der Waals surface area contributed by atoms with Gasteiger partial charge < -0.3 is 35.2 Å². The second-order valence-corrected chi connectivity index (χ2v) is 10.6. The third-order valence-corrected chi connectivity index (χ3v) is 7.87. The van der Waals surface area contributed by atoms with E-state index >= 15 is 0 Å². The lowest BCUT2D eigenvalue weighted by atomic mass is 9.74. The van der Waals surface area contributed by atoms with E-state index < -0.39 is 42.7 Å². The summed E-state index contributed by atoms with van der Waals surface area (Å²) in [6, 6.07) is 0. The van der Waals surface area contributed by atoms with Crippen LogP contribution >= 0.6 is 11.6 Å². The summed E-state index contributed by atoms with van der Waals surface area (Å²) in [5.74, 6) is 1.06. The predicted octanol–water partition coefficient (Wildman–Crippen LogP) is 1.30. The van der Waals surface area contributed by atoms with E-state index in [1.807, 2.05) is 6.08 Å². The van der Waals surface area contributed by atoms with E-state index in [1.165, 1.54) is 0 Å². The number of aliphatic hydroxyl groups is 4. The second kappa shape index (κ2) is 9.24. The Kier molecular flexibility index (Phi) is 6.92. The zero-order valence-electron chi connectivity index (χ0n) is 18.5. The van der Waals surface area contributed by atoms with Gasteiger partial charge in [-0.15, -0.1) is 0 Å². The molecule has 0 saturated carbocycles. The third-order valence-electron chi connectivity index (χ3n) is 7.40. The van der Waals surface area contributed by atoms with E-state index in [4.69, 9.17) is 21.1 Å². The maximum atomic E-state index is 12.3. The predicted molar refractivity (Wildman–Crippen MR) is 116 cm³/mol. The van der Waals surface area contributed by atoms with E-state index in [2.05, 4.69) is 5.32 Å². The van der Waals surface area contributed by atoms with Crippen LogP contribution in [0.25, 0.3) is 0 Å². The largest absolute Gasteiger partial charge is 0.481 e. The van der Waals surface area contributed by atoms with Crippen LogP contribution in [0.3, 0.4) is 0 Å². The molecule has 1 saturated heterocycles. The first-order valence-electron chi connectivity index (χ1n) is 11.5. The summed E-state index contributed by atoms with van der Waals surface area (Å²) in [6.45, 7) is 3.10. The summed E-state index contributed by atoms with van der Waals surface area (Å²) in [4.78, 5) is 12.3. The number of halogens is 1. The lowest BCUT2D eigenvalue weighted by Crippen LogP contribution is -2.60. The molecule has 4 aliphatic rings. The van der Waals surface area contributed by atoms with Gasteiger partial charge in [-0.1, -0.05) is 17.7 Å². The van der Waals surface area contributed by atoms with E-state index in [0.717, 1.165) is 42.2 Å². The van der Waals surface area contributed by atoms with Crippen LogP contribution in [0.1, 0.15) is 52.4 Å². The first-order chi connectivity index (χ1) is 15.1. The van der Waals surface area contributed by atoms with Gasteiger partial charge in [0.25, 0.3) is 5.91 Å². The lowest BCUT2D eigenvalue weighted by Gasteiger charge is -2.45. The van der Waals surface area contributed by atoms with E-state index in [-0.39, 0.29) is 17.7 Å². The van der Waals surface area contributed by atoms with Gasteiger partial charge in [-0.25, -0.2) is 0 Å². The molecule has 5 N–H and O–H groups in total. The topological polar surface area (TPSA) is 128 Å². The number of carbonyl (C=O) groups is 1. The van der Waals surface area contributed by atoms with Gasteiger partial charge in [0, 0.05) is 11.5 Å². The van der Waals surface area contributed by atoms with Crippen LogP contribution in [0.2, 0.25) is 0 Å². The lowest BCUT2D eigenvalue weighted by molar-refractivity contribution is -0.242. The van der Waals surface area contributed by atoms with Crippen LogP contribution in [-0.4, -0.2) is 69.1 Å². The zero-order valence-corrected chi connectivity index (χ0v) is 19.3. The van der Waals surface area contributed by atoms with E-state index in [0.29, 0.717) is 18.8 Å². The highest BCUT2D eigenvalue weighted by molar-refractivity contribution is 6.29. The van der Waals surface area contributed by atoms with Gasteiger partial charge in [0.15, 0.2) is 5.60 Å². The van der Waals surface area contributed by atoms with Gasteiger partial charge in [-0.3, -0.25) is 4.79 Å². The summed E-state index contributed by atoms with van der Waals surface area (Å²) >= 11 is 6.57. The van der Waals surface area contributed by atoms with Crippen molar-refractivity contribution in [3.05, 3.63) is 22.6 Å². The number of aliphatic hydroxyl groups excluding tert-OH is 4. The smallest absolute Gasteiger partial charge is 0.267 e. The molecule has 8 nitrogen and oxygen atoms in total.